The SMILES string of the molecule is COc1ccc(-c2ccc(CCCN3CCOCC3)s2)cc1. The molecule has 1 aromatic carbocycles. The summed E-state index contributed by atoms with van der Waals surface area (Å²) >= 11 is 1.90. The third-order valence-corrected chi connectivity index (χ3v) is 5.23. The second-order valence-corrected chi connectivity index (χ2v) is 6.72. The van der Waals surface area contributed by atoms with E-state index in [0.717, 1.165) is 38.5 Å². The third kappa shape index (κ3) is 4.09. The highest BCUT2D eigenvalue weighted by atomic mass is 32.1. The molecule has 1 fully saturated rings. The molecule has 118 valence electrons. The first-order chi connectivity index (χ1) is 10.8. The van der Waals surface area contributed by atoms with Gasteiger partial charge in [0.25, 0.3) is 0 Å². The van der Waals surface area contributed by atoms with Gasteiger partial charge in [-0.25, -0.2) is 0 Å². The first kappa shape index (κ1) is 15.5. The quantitative estimate of drug-likeness (QED) is 0.811. The summed E-state index contributed by atoms with van der Waals surface area (Å²) in [7, 11) is 1.70. The van der Waals surface area contributed by atoms with Gasteiger partial charge in [-0.2, -0.15) is 0 Å². The Kier molecular flexibility index (Phi) is 5.48. The maximum Gasteiger partial charge on any atom is 0.118 e. The van der Waals surface area contributed by atoms with Gasteiger partial charge in [-0.3, -0.25) is 4.90 Å². The Morgan fingerprint density at radius 2 is 1.86 bits per heavy atom. The van der Waals surface area contributed by atoms with Gasteiger partial charge in [-0.05, 0) is 61.3 Å². The standard InChI is InChI=1S/C18H23NO2S/c1-20-16-6-4-15(5-7-16)18-9-8-17(22-18)3-2-10-19-11-13-21-14-12-19/h4-9H,2-3,10-14H2,1H3. The Balaban J connectivity index is 1.51. The van der Waals surface area contributed by atoms with E-state index < -0.39 is 0 Å². The summed E-state index contributed by atoms with van der Waals surface area (Å²) in [6.07, 6.45) is 2.39. The van der Waals surface area contributed by atoms with Crippen molar-refractivity contribution in [2.24, 2.45) is 0 Å². The van der Waals surface area contributed by atoms with Gasteiger partial charge < -0.3 is 9.47 Å². The maximum atomic E-state index is 5.38. The molecule has 0 bridgehead atoms. The Hall–Kier alpha value is -1.36. The normalized spacial score (nSPS) is 15.9. The van der Waals surface area contributed by atoms with Crippen molar-refractivity contribution in [1.82, 2.24) is 4.90 Å². The molecule has 3 rings (SSSR count). The number of ether oxygens (including phenoxy) is 2. The van der Waals surface area contributed by atoms with E-state index in [-0.39, 0.29) is 0 Å². The van der Waals surface area contributed by atoms with Crippen molar-refractivity contribution in [2.75, 3.05) is 40.0 Å². The van der Waals surface area contributed by atoms with Crippen molar-refractivity contribution in [3.8, 4) is 16.2 Å². The Morgan fingerprint density at radius 1 is 1.09 bits per heavy atom. The van der Waals surface area contributed by atoms with Gasteiger partial charge in [0.2, 0.25) is 0 Å². The molecule has 0 radical (unpaired) electrons. The Morgan fingerprint density at radius 3 is 2.59 bits per heavy atom. The lowest BCUT2D eigenvalue weighted by Gasteiger charge is -2.26. The number of morpholine rings is 1. The van der Waals surface area contributed by atoms with E-state index >= 15 is 0 Å². The van der Waals surface area contributed by atoms with Crippen LogP contribution in [0.25, 0.3) is 10.4 Å². The Labute approximate surface area is 136 Å². The lowest BCUT2D eigenvalue weighted by molar-refractivity contribution is 0.0375. The monoisotopic (exact) mass is 317 g/mol. The van der Waals surface area contributed by atoms with Crippen molar-refractivity contribution < 1.29 is 9.47 Å². The van der Waals surface area contributed by atoms with Gasteiger partial charge in [-0.1, -0.05) is 0 Å². The minimum atomic E-state index is 0.890. The van der Waals surface area contributed by atoms with Gasteiger partial charge in [0.15, 0.2) is 0 Å². The lowest BCUT2D eigenvalue weighted by Crippen LogP contribution is -2.36. The van der Waals surface area contributed by atoms with Crippen LogP contribution in [0.5, 0.6) is 5.75 Å². The van der Waals surface area contributed by atoms with E-state index in [4.69, 9.17) is 9.47 Å². The van der Waals surface area contributed by atoms with E-state index in [9.17, 15) is 0 Å². The molecule has 3 nitrogen and oxygen atoms in total. The van der Waals surface area contributed by atoms with Crippen molar-refractivity contribution in [1.29, 1.82) is 0 Å². The molecule has 2 heterocycles. The largest absolute Gasteiger partial charge is 0.497 e. The maximum absolute atomic E-state index is 5.38. The Bertz CT molecular complexity index is 573. The fourth-order valence-electron chi connectivity index (χ4n) is 2.72. The second-order valence-electron chi connectivity index (χ2n) is 5.55. The van der Waals surface area contributed by atoms with E-state index in [1.807, 2.05) is 23.5 Å². The number of methoxy groups -OCH3 is 1. The second kappa shape index (κ2) is 7.77. The summed E-state index contributed by atoms with van der Waals surface area (Å²) < 4.78 is 10.6. The minimum Gasteiger partial charge on any atom is -0.497 e. The summed E-state index contributed by atoms with van der Waals surface area (Å²) in [5.74, 6) is 0.908. The molecule has 2 aromatic rings. The zero-order chi connectivity index (χ0) is 15.2. The number of aryl methyl sites for hydroxylation is 1. The molecule has 0 saturated carbocycles. The average Bonchev–Trinajstić information content (AvgIpc) is 3.05. The van der Waals surface area contributed by atoms with Crippen molar-refractivity contribution in [3.05, 3.63) is 41.3 Å². The summed E-state index contributed by atoms with van der Waals surface area (Å²) in [4.78, 5) is 5.31. The van der Waals surface area contributed by atoms with E-state index in [2.05, 4.69) is 29.2 Å². The van der Waals surface area contributed by atoms with E-state index in [1.165, 1.54) is 28.3 Å². The molecule has 0 unspecified atom stereocenters. The van der Waals surface area contributed by atoms with Gasteiger partial charge >= 0.3 is 0 Å². The molecule has 0 amide bonds. The number of rotatable bonds is 6. The van der Waals surface area contributed by atoms with Crippen LogP contribution in [0, 0.1) is 0 Å². The zero-order valence-electron chi connectivity index (χ0n) is 13.1. The number of benzene rings is 1. The first-order valence-electron chi connectivity index (χ1n) is 7.88. The average molecular weight is 317 g/mol. The van der Waals surface area contributed by atoms with Crippen molar-refractivity contribution in [2.45, 2.75) is 12.8 Å². The van der Waals surface area contributed by atoms with Crippen LogP contribution in [0.4, 0.5) is 0 Å². The van der Waals surface area contributed by atoms with Crippen LogP contribution < -0.4 is 4.74 Å². The number of hydrogen-bond acceptors (Lipinski definition) is 4. The minimum absolute atomic E-state index is 0.890. The molecule has 4 heteroatoms. The molecule has 1 saturated heterocycles. The summed E-state index contributed by atoms with van der Waals surface area (Å²) in [5.41, 5.74) is 1.27. The highest BCUT2D eigenvalue weighted by Gasteiger charge is 2.10. The lowest BCUT2D eigenvalue weighted by atomic mass is 10.2. The number of thiophene rings is 1. The highest BCUT2D eigenvalue weighted by Crippen LogP contribution is 2.30. The van der Waals surface area contributed by atoms with Crippen LogP contribution >= 0.6 is 11.3 Å². The molecular formula is C18H23NO2S. The summed E-state index contributed by atoms with van der Waals surface area (Å²) in [5, 5.41) is 0. The molecule has 1 aliphatic heterocycles. The molecule has 22 heavy (non-hydrogen) atoms. The fourth-order valence-corrected chi connectivity index (χ4v) is 3.78. The number of nitrogens with zero attached hydrogens (tertiary/aromatic N) is 1. The predicted octanol–water partition coefficient (Wildman–Crippen LogP) is 3.69. The van der Waals surface area contributed by atoms with Gasteiger partial charge in [-0.15, -0.1) is 11.3 Å². The first-order valence-corrected chi connectivity index (χ1v) is 8.70. The van der Waals surface area contributed by atoms with Gasteiger partial charge in [0.1, 0.15) is 5.75 Å². The van der Waals surface area contributed by atoms with Crippen LogP contribution in [0.3, 0.4) is 0 Å². The summed E-state index contributed by atoms with van der Waals surface area (Å²) in [6.45, 7) is 5.13. The predicted molar refractivity (Wildman–Crippen MR) is 91.9 cm³/mol. The molecular weight excluding hydrogens is 294 g/mol. The summed E-state index contributed by atoms with van der Waals surface area (Å²) in [6, 6.07) is 12.8. The van der Waals surface area contributed by atoms with Crippen LogP contribution in [-0.2, 0) is 11.2 Å². The molecule has 1 aromatic heterocycles. The molecule has 0 aliphatic carbocycles. The van der Waals surface area contributed by atoms with Crippen molar-refractivity contribution >= 4 is 11.3 Å². The topological polar surface area (TPSA) is 21.7 Å². The fraction of sp³-hybridized carbons (Fsp3) is 0.444. The smallest absolute Gasteiger partial charge is 0.118 e. The van der Waals surface area contributed by atoms with Gasteiger partial charge in [0.05, 0.1) is 20.3 Å². The third-order valence-electron chi connectivity index (χ3n) is 4.04. The van der Waals surface area contributed by atoms with Crippen LogP contribution in [0.15, 0.2) is 36.4 Å². The molecule has 0 spiro atoms. The molecule has 1 aliphatic rings. The zero-order valence-corrected chi connectivity index (χ0v) is 13.9. The van der Waals surface area contributed by atoms with Gasteiger partial charge in [0, 0.05) is 22.8 Å². The highest BCUT2D eigenvalue weighted by molar-refractivity contribution is 7.15. The molecule has 0 N–H and O–H groups in total. The van der Waals surface area contributed by atoms with Crippen LogP contribution in [0.2, 0.25) is 0 Å². The van der Waals surface area contributed by atoms with Crippen LogP contribution in [0.1, 0.15) is 11.3 Å². The van der Waals surface area contributed by atoms with Crippen molar-refractivity contribution in [3.63, 3.8) is 0 Å². The van der Waals surface area contributed by atoms with E-state index in [0.29, 0.717) is 0 Å². The van der Waals surface area contributed by atoms with E-state index in [1.54, 1.807) is 7.11 Å². The molecule has 0 atom stereocenters. The van der Waals surface area contributed by atoms with Crippen LogP contribution in [-0.4, -0.2) is 44.9 Å². The number of hydrogen-bond donors (Lipinski definition) is 0.